The number of para-hydroxylation sites is 1. The first-order valence-corrected chi connectivity index (χ1v) is 7.44. The molecule has 0 aliphatic rings. The molecule has 118 valence electrons. The highest BCUT2D eigenvalue weighted by molar-refractivity contribution is 5.75. The number of nitrogens with two attached hydrogens (primary N) is 2. The summed E-state index contributed by atoms with van der Waals surface area (Å²) in [6.45, 7) is 7.29. The van der Waals surface area contributed by atoms with Gasteiger partial charge in [0.05, 0.1) is 13.2 Å². The number of hydrogen-bond donors (Lipinski definition) is 2. The number of hydrogen-bond acceptors (Lipinski definition) is 4. The molecule has 0 spiro atoms. The largest absolute Gasteiger partial charge is 0.493 e. The van der Waals surface area contributed by atoms with E-state index in [0.29, 0.717) is 25.6 Å². The van der Waals surface area contributed by atoms with Gasteiger partial charge in [-0.3, -0.25) is 9.69 Å². The third-order valence-corrected chi connectivity index (χ3v) is 3.07. The van der Waals surface area contributed by atoms with Crippen LogP contribution >= 0.6 is 0 Å². The first-order valence-electron chi connectivity index (χ1n) is 7.44. The second-order valence-electron chi connectivity index (χ2n) is 5.61. The third-order valence-electron chi connectivity index (χ3n) is 3.07. The van der Waals surface area contributed by atoms with Gasteiger partial charge in [-0.25, -0.2) is 0 Å². The molecule has 0 atom stereocenters. The summed E-state index contributed by atoms with van der Waals surface area (Å²) in [5.41, 5.74) is 12.0. The van der Waals surface area contributed by atoms with Crippen LogP contribution in [0.2, 0.25) is 0 Å². The lowest BCUT2D eigenvalue weighted by Gasteiger charge is -2.22. The van der Waals surface area contributed by atoms with Crippen molar-refractivity contribution in [1.29, 1.82) is 0 Å². The second kappa shape index (κ2) is 9.37. The van der Waals surface area contributed by atoms with Crippen molar-refractivity contribution in [2.75, 3.05) is 26.2 Å². The van der Waals surface area contributed by atoms with E-state index in [-0.39, 0.29) is 5.91 Å². The lowest BCUT2D eigenvalue weighted by atomic mass is 10.2. The van der Waals surface area contributed by atoms with Gasteiger partial charge in [-0.05, 0) is 18.4 Å². The van der Waals surface area contributed by atoms with E-state index >= 15 is 0 Å². The van der Waals surface area contributed by atoms with Gasteiger partial charge in [-0.2, -0.15) is 0 Å². The summed E-state index contributed by atoms with van der Waals surface area (Å²) < 4.78 is 5.77. The molecule has 0 radical (unpaired) electrons. The third kappa shape index (κ3) is 7.11. The Labute approximate surface area is 127 Å². The maximum absolute atomic E-state index is 11.1. The van der Waals surface area contributed by atoms with E-state index in [4.69, 9.17) is 16.2 Å². The Hall–Kier alpha value is -1.59. The lowest BCUT2D eigenvalue weighted by Crippen LogP contribution is -2.37. The van der Waals surface area contributed by atoms with Gasteiger partial charge >= 0.3 is 0 Å². The van der Waals surface area contributed by atoms with Gasteiger partial charge in [0.15, 0.2) is 0 Å². The first-order chi connectivity index (χ1) is 10.0. The normalized spacial score (nSPS) is 11.1. The van der Waals surface area contributed by atoms with Crippen molar-refractivity contribution < 1.29 is 9.53 Å². The van der Waals surface area contributed by atoms with E-state index < -0.39 is 0 Å². The van der Waals surface area contributed by atoms with Gasteiger partial charge in [0.2, 0.25) is 5.91 Å². The maximum atomic E-state index is 11.1. The molecule has 21 heavy (non-hydrogen) atoms. The zero-order valence-electron chi connectivity index (χ0n) is 13.0. The summed E-state index contributed by atoms with van der Waals surface area (Å²) >= 11 is 0. The fourth-order valence-corrected chi connectivity index (χ4v) is 2.26. The predicted octanol–water partition coefficient (Wildman–Crippen LogP) is 1.36. The van der Waals surface area contributed by atoms with Crippen molar-refractivity contribution in [2.45, 2.75) is 26.8 Å². The molecule has 0 saturated heterocycles. The Morgan fingerprint density at radius 3 is 2.67 bits per heavy atom. The number of primary amides is 1. The van der Waals surface area contributed by atoms with Crippen molar-refractivity contribution in [2.24, 2.45) is 17.4 Å². The molecule has 1 amide bonds. The van der Waals surface area contributed by atoms with E-state index in [1.54, 1.807) is 0 Å². The number of rotatable bonds is 10. The van der Waals surface area contributed by atoms with Crippen LogP contribution in [0.1, 0.15) is 25.8 Å². The number of carbonyl (C=O) groups is 1. The summed E-state index contributed by atoms with van der Waals surface area (Å²) in [4.78, 5) is 13.1. The van der Waals surface area contributed by atoms with Crippen molar-refractivity contribution >= 4 is 5.91 Å². The fourth-order valence-electron chi connectivity index (χ4n) is 2.26. The van der Waals surface area contributed by atoms with Crippen LogP contribution in [0.25, 0.3) is 0 Å². The monoisotopic (exact) mass is 293 g/mol. The van der Waals surface area contributed by atoms with Crippen LogP contribution in [-0.2, 0) is 11.3 Å². The van der Waals surface area contributed by atoms with Gasteiger partial charge in [-0.1, -0.05) is 32.0 Å². The molecule has 0 saturated carbocycles. The van der Waals surface area contributed by atoms with Gasteiger partial charge in [0, 0.05) is 25.2 Å². The second-order valence-corrected chi connectivity index (χ2v) is 5.61. The molecule has 5 nitrogen and oxygen atoms in total. The van der Waals surface area contributed by atoms with Crippen LogP contribution in [0.4, 0.5) is 0 Å². The van der Waals surface area contributed by atoms with E-state index in [1.165, 1.54) is 0 Å². The molecule has 0 heterocycles. The van der Waals surface area contributed by atoms with Gasteiger partial charge in [0.25, 0.3) is 0 Å². The highest BCUT2D eigenvalue weighted by Crippen LogP contribution is 2.17. The van der Waals surface area contributed by atoms with Crippen LogP contribution in [-0.4, -0.2) is 37.0 Å². The van der Waals surface area contributed by atoms with Gasteiger partial charge in [-0.15, -0.1) is 0 Å². The minimum absolute atomic E-state index is 0.287. The minimum atomic E-state index is -0.287. The zero-order chi connectivity index (χ0) is 15.7. The van der Waals surface area contributed by atoms with Crippen LogP contribution in [0.15, 0.2) is 24.3 Å². The van der Waals surface area contributed by atoms with Crippen LogP contribution in [0.5, 0.6) is 5.75 Å². The summed E-state index contributed by atoms with van der Waals surface area (Å²) in [6, 6.07) is 7.78. The first kappa shape index (κ1) is 17.5. The molecule has 4 N–H and O–H groups in total. The van der Waals surface area contributed by atoms with Crippen LogP contribution in [0.3, 0.4) is 0 Å². The highest BCUT2D eigenvalue weighted by Gasteiger charge is 2.10. The van der Waals surface area contributed by atoms with E-state index in [9.17, 15) is 4.79 Å². The number of carbonyl (C=O) groups excluding carboxylic acids is 1. The molecule has 0 fully saturated rings. The van der Waals surface area contributed by atoms with Crippen molar-refractivity contribution in [3.8, 4) is 5.75 Å². The quantitative estimate of drug-likeness (QED) is 0.638. The van der Waals surface area contributed by atoms with E-state index in [2.05, 4.69) is 18.7 Å². The molecule has 1 aromatic carbocycles. The Morgan fingerprint density at radius 2 is 2.05 bits per heavy atom. The molecule has 0 unspecified atom stereocenters. The van der Waals surface area contributed by atoms with Crippen LogP contribution < -0.4 is 16.2 Å². The Balaban J connectivity index is 2.38. The topological polar surface area (TPSA) is 81.6 Å². The molecule has 1 rings (SSSR count). The highest BCUT2D eigenvalue weighted by atomic mass is 16.5. The smallest absolute Gasteiger partial charge is 0.231 e. The van der Waals surface area contributed by atoms with E-state index in [1.807, 2.05) is 24.3 Å². The van der Waals surface area contributed by atoms with Crippen molar-refractivity contribution in [3.05, 3.63) is 29.8 Å². The summed E-state index contributed by atoms with van der Waals surface area (Å²) in [5.74, 6) is 1.05. The average Bonchev–Trinajstić information content (AvgIpc) is 2.42. The number of ether oxygens (including phenoxy) is 1. The number of nitrogens with zero attached hydrogens (tertiary/aromatic N) is 1. The van der Waals surface area contributed by atoms with Gasteiger partial charge in [0.1, 0.15) is 5.75 Å². The maximum Gasteiger partial charge on any atom is 0.231 e. The summed E-state index contributed by atoms with van der Waals surface area (Å²) in [7, 11) is 0. The Kier molecular flexibility index (Phi) is 7.79. The average molecular weight is 293 g/mol. The number of amides is 1. The molecule has 5 heteroatoms. The molecule has 0 aliphatic heterocycles. The zero-order valence-corrected chi connectivity index (χ0v) is 13.0. The summed E-state index contributed by atoms with van der Waals surface area (Å²) in [5, 5.41) is 0. The predicted molar refractivity (Wildman–Crippen MR) is 84.9 cm³/mol. The fraction of sp³-hybridized carbons (Fsp3) is 0.562. The SMILES string of the molecule is CC(C)CN(CCCOc1ccccc1CN)CC(N)=O. The van der Waals surface area contributed by atoms with Gasteiger partial charge < -0.3 is 16.2 Å². The van der Waals surface area contributed by atoms with Crippen molar-refractivity contribution in [1.82, 2.24) is 4.90 Å². The van der Waals surface area contributed by atoms with Crippen molar-refractivity contribution in [3.63, 3.8) is 0 Å². The number of benzene rings is 1. The molecule has 1 aromatic rings. The molecule has 0 bridgehead atoms. The Bertz CT molecular complexity index is 435. The van der Waals surface area contributed by atoms with E-state index in [0.717, 1.165) is 30.8 Å². The minimum Gasteiger partial charge on any atom is -0.493 e. The molecule has 0 aromatic heterocycles. The Morgan fingerprint density at radius 1 is 1.33 bits per heavy atom. The van der Waals surface area contributed by atoms with Crippen LogP contribution in [0, 0.1) is 5.92 Å². The molecular weight excluding hydrogens is 266 g/mol. The summed E-state index contributed by atoms with van der Waals surface area (Å²) in [6.07, 6.45) is 0.846. The molecular formula is C16H27N3O2. The lowest BCUT2D eigenvalue weighted by molar-refractivity contribution is -0.119. The molecule has 0 aliphatic carbocycles. The standard InChI is InChI=1S/C16H27N3O2/c1-13(2)11-19(12-16(18)20)8-5-9-21-15-7-4-3-6-14(15)10-17/h3-4,6-7,13H,5,8-12,17H2,1-2H3,(H2,18,20).